The molecule has 0 N–H and O–H groups in total. The minimum atomic E-state index is -0.164. The quantitative estimate of drug-likeness (QED) is 0.803. The number of carbonyl (C=O) groups is 1. The first-order valence-electron chi connectivity index (χ1n) is 10.6. The Morgan fingerprint density at radius 1 is 0.929 bits per heavy atom. The van der Waals surface area contributed by atoms with E-state index in [4.69, 9.17) is 0 Å². The number of Topliss-reactive ketones (excluding diaryl/α,β-unsaturated/α-hetero) is 1. The van der Waals surface area contributed by atoms with Crippen molar-refractivity contribution >= 4 is 11.5 Å². The molecular formula is C24H27FN2O. The number of aryl methyl sites for hydroxylation is 1. The lowest BCUT2D eigenvalue weighted by Gasteiger charge is -2.38. The number of rotatable bonds is 4. The predicted octanol–water partition coefficient (Wildman–Crippen LogP) is 4.02. The molecule has 3 nitrogen and oxygen atoms in total. The van der Waals surface area contributed by atoms with Crippen LogP contribution in [0.3, 0.4) is 0 Å². The van der Waals surface area contributed by atoms with Crippen molar-refractivity contribution in [2.45, 2.75) is 44.6 Å². The molecule has 2 heterocycles. The van der Waals surface area contributed by atoms with E-state index in [-0.39, 0.29) is 5.82 Å². The molecule has 0 unspecified atom stereocenters. The molecule has 2 aliphatic heterocycles. The van der Waals surface area contributed by atoms with Gasteiger partial charge in [-0.15, -0.1) is 0 Å². The highest BCUT2D eigenvalue weighted by Gasteiger charge is 2.33. The molecule has 0 radical (unpaired) electrons. The first-order valence-corrected chi connectivity index (χ1v) is 10.6. The van der Waals surface area contributed by atoms with Crippen molar-refractivity contribution < 1.29 is 9.18 Å². The van der Waals surface area contributed by atoms with Crippen molar-refractivity contribution in [3.05, 3.63) is 64.5 Å². The Morgan fingerprint density at radius 3 is 2.50 bits per heavy atom. The van der Waals surface area contributed by atoms with Crippen molar-refractivity contribution in [2.75, 3.05) is 31.1 Å². The van der Waals surface area contributed by atoms with Crippen molar-refractivity contribution in [3.63, 3.8) is 0 Å². The SMILES string of the molecule is O=C1CCc2ccc3c(c21)CCN3C1CCN(CCc2ccc(F)cc2)CC1. The third kappa shape index (κ3) is 3.24. The van der Waals surface area contributed by atoms with Gasteiger partial charge in [-0.2, -0.15) is 0 Å². The van der Waals surface area contributed by atoms with Crippen LogP contribution in [0.5, 0.6) is 0 Å². The van der Waals surface area contributed by atoms with Crippen LogP contribution in [-0.4, -0.2) is 42.9 Å². The second kappa shape index (κ2) is 7.32. The molecular weight excluding hydrogens is 351 g/mol. The fourth-order valence-electron chi connectivity index (χ4n) is 5.26. The van der Waals surface area contributed by atoms with Gasteiger partial charge in [0.15, 0.2) is 5.78 Å². The maximum absolute atomic E-state index is 13.0. The molecule has 0 spiro atoms. The molecule has 1 saturated heterocycles. The number of ketones is 1. The van der Waals surface area contributed by atoms with Crippen LogP contribution in [0.25, 0.3) is 0 Å². The number of nitrogens with zero attached hydrogens (tertiary/aromatic N) is 2. The molecule has 0 bridgehead atoms. The Bertz CT molecular complexity index is 884. The van der Waals surface area contributed by atoms with Gasteiger partial charge >= 0.3 is 0 Å². The summed E-state index contributed by atoms with van der Waals surface area (Å²) in [6, 6.07) is 11.9. The molecule has 1 aliphatic carbocycles. The summed E-state index contributed by atoms with van der Waals surface area (Å²) in [6.45, 7) is 4.32. The van der Waals surface area contributed by atoms with E-state index in [1.807, 2.05) is 12.1 Å². The number of halogens is 1. The third-order valence-electron chi connectivity index (χ3n) is 6.81. The normalized spacial score (nSPS) is 19.9. The Morgan fingerprint density at radius 2 is 1.71 bits per heavy atom. The lowest BCUT2D eigenvalue weighted by Crippen LogP contribution is -2.45. The fourth-order valence-corrected chi connectivity index (χ4v) is 5.26. The Labute approximate surface area is 166 Å². The predicted molar refractivity (Wildman–Crippen MR) is 110 cm³/mol. The Hall–Kier alpha value is -2.20. The van der Waals surface area contributed by atoms with Crippen LogP contribution in [0.15, 0.2) is 36.4 Å². The molecule has 28 heavy (non-hydrogen) atoms. The maximum Gasteiger partial charge on any atom is 0.163 e. The van der Waals surface area contributed by atoms with Gasteiger partial charge in [-0.05, 0) is 67.0 Å². The standard InChI is InChI=1S/C24H27FN2O/c25-19-5-1-17(2-6-19)9-13-26-14-10-20(11-15-26)27-16-12-21-22(27)7-3-18-4-8-23(28)24(18)21/h1-3,5-7,20H,4,8-16H2. The number of fused-ring (bicyclic) bond motifs is 3. The van der Waals surface area contributed by atoms with E-state index in [0.717, 1.165) is 51.0 Å². The maximum atomic E-state index is 13.0. The minimum Gasteiger partial charge on any atom is -0.368 e. The van der Waals surface area contributed by atoms with Crippen LogP contribution < -0.4 is 4.90 Å². The molecule has 4 heteroatoms. The van der Waals surface area contributed by atoms with Gasteiger partial charge in [-0.1, -0.05) is 18.2 Å². The van der Waals surface area contributed by atoms with E-state index in [2.05, 4.69) is 21.9 Å². The number of hydrogen-bond acceptors (Lipinski definition) is 3. The molecule has 0 aromatic heterocycles. The topological polar surface area (TPSA) is 23.6 Å². The summed E-state index contributed by atoms with van der Waals surface area (Å²) in [5, 5.41) is 0. The number of benzene rings is 2. The van der Waals surface area contributed by atoms with Gasteiger partial charge in [0.2, 0.25) is 0 Å². The zero-order chi connectivity index (χ0) is 19.1. The minimum absolute atomic E-state index is 0.164. The molecule has 2 aromatic carbocycles. The van der Waals surface area contributed by atoms with Crippen LogP contribution in [0.1, 0.15) is 46.3 Å². The van der Waals surface area contributed by atoms with Gasteiger partial charge in [0, 0.05) is 49.9 Å². The van der Waals surface area contributed by atoms with E-state index < -0.39 is 0 Å². The van der Waals surface area contributed by atoms with Crippen molar-refractivity contribution in [1.29, 1.82) is 0 Å². The molecule has 2 aromatic rings. The second-order valence-corrected chi connectivity index (χ2v) is 8.41. The summed E-state index contributed by atoms with van der Waals surface area (Å²) in [6.07, 6.45) is 5.97. The van der Waals surface area contributed by atoms with Crippen molar-refractivity contribution in [3.8, 4) is 0 Å². The zero-order valence-electron chi connectivity index (χ0n) is 16.3. The Balaban J connectivity index is 1.20. The summed E-state index contributed by atoms with van der Waals surface area (Å²) < 4.78 is 13.0. The number of hydrogen-bond donors (Lipinski definition) is 0. The van der Waals surface area contributed by atoms with Crippen LogP contribution in [0.2, 0.25) is 0 Å². The fraction of sp³-hybridized carbons (Fsp3) is 0.458. The molecule has 0 atom stereocenters. The average Bonchev–Trinajstić information content (AvgIpc) is 3.31. The first kappa shape index (κ1) is 17.9. The summed E-state index contributed by atoms with van der Waals surface area (Å²) in [5.74, 6) is 0.187. The van der Waals surface area contributed by atoms with E-state index in [1.54, 1.807) is 12.1 Å². The van der Waals surface area contributed by atoms with Crippen LogP contribution in [0, 0.1) is 5.82 Å². The number of carbonyl (C=O) groups excluding carboxylic acids is 1. The van der Waals surface area contributed by atoms with Gasteiger partial charge in [0.25, 0.3) is 0 Å². The van der Waals surface area contributed by atoms with E-state index in [9.17, 15) is 9.18 Å². The van der Waals surface area contributed by atoms with E-state index in [1.165, 1.54) is 35.2 Å². The molecule has 5 rings (SSSR count). The zero-order valence-corrected chi connectivity index (χ0v) is 16.3. The smallest absolute Gasteiger partial charge is 0.163 e. The van der Waals surface area contributed by atoms with Gasteiger partial charge in [0.05, 0.1) is 0 Å². The summed E-state index contributed by atoms with van der Waals surface area (Å²) in [4.78, 5) is 17.4. The van der Waals surface area contributed by atoms with E-state index >= 15 is 0 Å². The highest BCUT2D eigenvalue weighted by atomic mass is 19.1. The Kier molecular flexibility index (Phi) is 4.67. The number of anilines is 1. The number of likely N-dealkylation sites (tertiary alicyclic amines) is 1. The van der Waals surface area contributed by atoms with Gasteiger partial charge in [0.1, 0.15) is 5.82 Å². The summed E-state index contributed by atoms with van der Waals surface area (Å²) in [5.41, 5.74) is 6.16. The molecule has 0 saturated carbocycles. The second-order valence-electron chi connectivity index (χ2n) is 8.41. The van der Waals surface area contributed by atoms with Crippen molar-refractivity contribution in [1.82, 2.24) is 4.90 Å². The highest BCUT2D eigenvalue weighted by molar-refractivity contribution is 6.03. The van der Waals surface area contributed by atoms with Crippen LogP contribution in [-0.2, 0) is 19.3 Å². The monoisotopic (exact) mass is 378 g/mol. The molecule has 3 aliphatic rings. The summed E-state index contributed by atoms with van der Waals surface area (Å²) in [7, 11) is 0. The van der Waals surface area contributed by atoms with Gasteiger partial charge < -0.3 is 9.80 Å². The highest BCUT2D eigenvalue weighted by Crippen LogP contribution is 2.39. The third-order valence-corrected chi connectivity index (χ3v) is 6.81. The summed E-state index contributed by atoms with van der Waals surface area (Å²) >= 11 is 0. The van der Waals surface area contributed by atoms with Crippen molar-refractivity contribution in [2.24, 2.45) is 0 Å². The first-order chi connectivity index (χ1) is 13.7. The molecule has 0 amide bonds. The lowest BCUT2D eigenvalue weighted by molar-refractivity contribution is 0.0994. The van der Waals surface area contributed by atoms with Gasteiger partial charge in [-0.3, -0.25) is 4.79 Å². The van der Waals surface area contributed by atoms with Crippen LogP contribution >= 0.6 is 0 Å². The molecule has 146 valence electrons. The average molecular weight is 378 g/mol. The molecule has 1 fully saturated rings. The largest absolute Gasteiger partial charge is 0.368 e. The lowest BCUT2D eigenvalue weighted by atomic mass is 9.99. The van der Waals surface area contributed by atoms with Crippen LogP contribution in [0.4, 0.5) is 10.1 Å². The van der Waals surface area contributed by atoms with E-state index in [0.29, 0.717) is 18.2 Å². The number of piperidine rings is 1. The van der Waals surface area contributed by atoms with Gasteiger partial charge in [-0.25, -0.2) is 4.39 Å².